The van der Waals surface area contributed by atoms with E-state index in [2.05, 4.69) is 6.92 Å². The Balaban J connectivity index is 1.72. The van der Waals surface area contributed by atoms with Gasteiger partial charge in [-0.3, -0.25) is 0 Å². The van der Waals surface area contributed by atoms with Crippen molar-refractivity contribution in [3.63, 3.8) is 0 Å². The molecule has 0 aromatic carbocycles. The van der Waals surface area contributed by atoms with Gasteiger partial charge in [-0.2, -0.15) is 0 Å². The summed E-state index contributed by atoms with van der Waals surface area (Å²) in [6.45, 7) is 2.53. The predicted octanol–water partition coefficient (Wildman–Crippen LogP) is 5.17. The third-order valence-electron chi connectivity index (χ3n) is 4.88. The molecule has 15 heavy (non-hydrogen) atoms. The molecule has 0 amide bonds. The van der Waals surface area contributed by atoms with Crippen LogP contribution in [0, 0.1) is 17.8 Å². The summed E-state index contributed by atoms with van der Waals surface area (Å²) in [4.78, 5) is 0. The Bertz CT molecular complexity index is 161. The van der Waals surface area contributed by atoms with Gasteiger partial charge in [-0.25, -0.2) is 0 Å². The molecule has 2 aliphatic carbocycles. The van der Waals surface area contributed by atoms with E-state index >= 15 is 0 Å². The fraction of sp³-hybridized carbons (Fsp3) is 1.00. The lowest BCUT2D eigenvalue weighted by molar-refractivity contribution is 0.203. The van der Waals surface area contributed by atoms with Crippen LogP contribution in [0.3, 0.4) is 0 Å². The maximum Gasteiger partial charge on any atom is -0.0388 e. The molecule has 0 nitrogen and oxygen atoms in total. The lowest BCUT2D eigenvalue weighted by Crippen LogP contribution is -2.19. The van der Waals surface area contributed by atoms with Crippen LogP contribution in [-0.4, -0.2) is 0 Å². The minimum atomic E-state index is 1.02. The topological polar surface area (TPSA) is 0 Å². The molecule has 2 fully saturated rings. The molecule has 0 spiro atoms. The lowest BCUT2D eigenvalue weighted by Gasteiger charge is -2.31. The highest BCUT2D eigenvalue weighted by Gasteiger charge is 2.23. The summed E-state index contributed by atoms with van der Waals surface area (Å²) in [6, 6.07) is 0. The summed E-state index contributed by atoms with van der Waals surface area (Å²) in [7, 11) is 0. The van der Waals surface area contributed by atoms with Crippen molar-refractivity contribution < 1.29 is 0 Å². The SMILES string of the molecule is C[C@@H](CC1CCCCC1)C1CCCCC1. The van der Waals surface area contributed by atoms with Crippen LogP contribution in [0.25, 0.3) is 0 Å². The zero-order valence-corrected chi connectivity index (χ0v) is 10.5. The summed E-state index contributed by atoms with van der Waals surface area (Å²) in [6.07, 6.45) is 16.8. The van der Waals surface area contributed by atoms with Crippen LogP contribution in [0.4, 0.5) is 0 Å². The van der Waals surface area contributed by atoms with E-state index in [1.165, 1.54) is 64.2 Å². The zero-order chi connectivity index (χ0) is 10.5. The zero-order valence-electron chi connectivity index (χ0n) is 10.5. The smallest absolute Gasteiger partial charge is 0.0388 e. The van der Waals surface area contributed by atoms with E-state index in [-0.39, 0.29) is 0 Å². The Morgan fingerprint density at radius 1 is 0.800 bits per heavy atom. The van der Waals surface area contributed by atoms with Crippen molar-refractivity contribution in [2.75, 3.05) is 0 Å². The van der Waals surface area contributed by atoms with E-state index in [9.17, 15) is 0 Å². The second-order valence-corrected chi connectivity index (χ2v) is 6.12. The van der Waals surface area contributed by atoms with E-state index in [1.54, 1.807) is 6.42 Å². The molecule has 0 unspecified atom stereocenters. The standard InChI is InChI=1S/C15H28/c1-13(15-10-6-3-7-11-15)12-14-8-4-2-5-9-14/h13-15H,2-12H2,1H3/t13-/m0/s1. The van der Waals surface area contributed by atoms with Gasteiger partial charge >= 0.3 is 0 Å². The van der Waals surface area contributed by atoms with Gasteiger partial charge in [-0.1, -0.05) is 71.1 Å². The average Bonchev–Trinajstić information content (AvgIpc) is 2.31. The van der Waals surface area contributed by atoms with Crippen LogP contribution in [0.15, 0.2) is 0 Å². The Morgan fingerprint density at radius 3 is 1.93 bits per heavy atom. The van der Waals surface area contributed by atoms with Crippen molar-refractivity contribution in [3.05, 3.63) is 0 Å². The Kier molecular flexibility index (Phi) is 4.53. The van der Waals surface area contributed by atoms with E-state index in [0.717, 1.165) is 17.8 Å². The Hall–Kier alpha value is 0. The van der Waals surface area contributed by atoms with Crippen LogP contribution in [0.1, 0.15) is 77.6 Å². The molecule has 0 heterocycles. The summed E-state index contributed by atoms with van der Waals surface area (Å²) in [5.74, 6) is 3.20. The molecular formula is C15H28. The number of hydrogen-bond acceptors (Lipinski definition) is 0. The van der Waals surface area contributed by atoms with Gasteiger partial charge in [0, 0.05) is 0 Å². The van der Waals surface area contributed by atoms with Gasteiger partial charge in [0.05, 0.1) is 0 Å². The minimum Gasteiger partial charge on any atom is -0.0622 e. The number of hydrogen-bond donors (Lipinski definition) is 0. The highest BCUT2D eigenvalue weighted by molar-refractivity contribution is 4.75. The third kappa shape index (κ3) is 3.50. The molecule has 0 aliphatic heterocycles. The highest BCUT2D eigenvalue weighted by atomic mass is 14.3. The molecule has 0 aromatic heterocycles. The average molecular weight is 208 g/mol. The summed E-state index contributed by atoms with van der Waals surface area (Å²) in [5.41, 5.74) is 0. The van der Waals surface area contributed by atoms with Crippen LogP contribution in [-0.2, 0) is 0 Å². The van der Waals surface area contributed by atoms with E-state index in [4.69, 9.17) is 0 Å². The molecular weight excluding hydrogens is 180 g/mol. The second kappa shape index (κ2) is 5.92. The molecule has 0 saturated heterocycles. The first-order valence-corrected chi connectivity index (χ1v) is 7.36. The van der Waals surface area contributed by atoms with Crippen LogP contribution in [0.5, 0.6) is 0 Å². The maximum atomic E-state index is 2.53. The van der Waals surface area contributed by atoms with Crippen molar-refractivity contribution in [2.45, 2.75) is 77.6 Å². The first kappa shape index (κ1) is 11.5. The van der Waals surface area contributed by atoms with E-state index in [1.807, 2.05) is 0 Å². The quantitative estimate of drug-likeness (QED) is 0.600. The Morgan fingerprint density at radius 2 is 1.33 bits per heavy atom. The first-order valence-electron chi connectivity index (χ1n) is 7.36. The Labute approximate surface area is 95.8 Å². The second-order valence-electron chi connectivity index (χ2n) is 6.12. The number of rotatable bonds is 3. The first-order chi connectivity index (χ1) is 7.36. The van der Waals surface area contributed by atoms with Gasteiger partial charge in [0.1, 0.15) is 0 Å². The summed E-state index contributed by atoms with van der Waals surface area (Å²) in [5, 5.41) is 0. The van der Waals surface area contributed by atoms with Gasteiger partial charge in [0.15, 0.2) is 0 Å². The molecule has 88 valence electrons. The van der Waals surface area contributed by atoms with E-state index in [0.29, 0.717) is 0 Å². The normalized spacial score (nSPS) is 27.8. The molecule has 0 radical (unpaired) electrons. The largest absolute Gasteiger partial charge is 0.0622 e. The van der Waals surface area contributed by atoms with Crippen molar-refractivity contribution in [1.29, 1.82) is 0 Å². The predicted molar refractivity (Wildman–Crippen MR) is 66.9 cm³/mol. The molecule has 1 atom stereocenters. The minimum absolute atomic E-state index is 1.02. The van der Waals surface area contributed by atoms with Crippen molar-refractivity contribution in [2.24, 2.45) is 17.8 Å². The fourth-order valence-corrected chi connectivity index (χ4v) is 3.84. The summed E-state index contributed by atoms with van der Waals surface area (Å²) < 4.78 is 0. The molecule has 0 aromatic rings. The monoisotopic (exact) mass is 208 g/mol. The molecule has 2 aliphatic rings. The highest BCUT2D eigenvalue weighted by Crippen LogP contribution is 2.36. The van der Waals surface area contributed by atoms with Crippen molar-refractivity contribution in [3.8, 4) is 0 Å². The maximum absolute atomic E-state index is 2.53. The molecule has 2 rings (SSSR count). The van der Waals surface area contributed by atoms with Gasteiger partial charge in [0.2, 0.25) is 0 Å². The van der Waals surface area contributed by atoms with Gasteiger partial charge < -0.3 is 0 Å². The molecule has 0 N–H and O–H groups in total. The van der Waals surface area contributed by atoms with Gasteiger partial charge in [-0.15, -0.1) is 0 Å². The van der Waals surface area contributed by atoms with Crippen LogP contribution < -0.4 is 0 Å². The van der Waals surface area contributed by atoms with Crippen LogP contribution >= 0.6 is 0 Å². The molecule has 0 heteroatoms. The fourth-order valence-electron chi connectivity index (χ4n) is 3.84. The summed E-state index contributed by atoms with van der Waals surface area (Å²) >= 11 is 0. The van der Waals surface area contributed by atoms with Gasteiger partial charge in [-0.05, 0) is 24.2 Å². The van der Waals surface area contributed by atoms with E-state index < -0.39 is 0 Å². The van der Waals surface area contributed by atoms with Crippen molar-refractivity contribution >= 4 is 0 Å². The third-order valence-corrected chi connectivity index (χ3v) is 4.88. The van der Waals surface area contributed by atoms with Gasteiger partial charge in [0.25, 0.3) is 0 Å². The lowest BCUT2D eigenvalue weighted by atomic mass is 9.74. The molecule has 0 bridgehead atoms. The van der Waals surface area contributed by atoms with Crippen LogP contribution in [0.2, 0.25) is 0 Å². The van der Waals surface area contributed by atoms with Crippen molar-refractivity contribution in [1.82, 2.24) is 0 Å². The molecule has 2 saturated carbocycles.